The first kappa shape index (κ1) is 13.7. The molecule has 1 fully saturated rings. The zero-order chi connectivity index (χ0) is 13.8. The summed E-state index contributed by atoms with van der Waals surface area (Å²) in [5.74, 6) is 1.10. The van der Waals surface area contributed by atoms with Crippen LogP contribution in [0, 0.1) is 5.92 Å². The molecule has 4 nitrogen and oxygen atoms in total. The number of nitrogens with one attached hydrogen (secondary N) is 1. The van der Waals surface area contributed by atoms with Gasteiger partial charge in [-0.1, -0.05) is 19.8 Å². The summed E-state index contributed by atoms with van der Waals surface area (Å²) in [6.07, 6.45) is 4.72. The van der Waals surface area contributed by atoms with Gasteiger partial charge in [-0.2, -0.15) is 0 Å². The van der Waals surface area contributed by atoms with Crippen molar-refractivity contribution in [3.05, 3.63) is 23.8 Å². The van der Waals surface area contributed by atoms with Gasteiger partial charge in [-0.3, -0.25) is 4.79 Å². The van der Waals surface area contributed by atoms with E-state index in [1.807, 2.05) is 0 Å². The number of nitrogens with two attached hydrogens (primary N) is 1. The summed E-state index contributed by atoms with van der Waals surface area (Å²) in [6.45, 7) is 2.20. The normalized spacial score (nSPS) is 22.8. The number of ether oxygens (including phenoxy) is 1. The number of carbonyl (C=O) groups is 1. The first-order valence-corrected chi connectivity index (χ1v) is 6.86. The summed E-state index contributed by atoms with van der Waals surface area (Å²) in [4.78, 5) is 12.2. The molecule has 1 saturated carbocycles. The summed E-state index contributed by atoms with van der Waals surface area (Å²) >= 11 is 0. The van der Waals surface area contributed by atoms with Gasteiger partial charge in [-0.05, 0) is 37.0 Å². The van der Waals surface area contributed by atoms with Crippen molar-refractivity contribution in [1.82, 2.24) is 5.32 Å². The van der Waals surface area contributed by atoms with Crippen LogP contribution in [0.2, 0.25) is 0 Å². The van der Waals surface area contributed by atoms with E-state index < -0.39 is 0 Å². The molecule has 2 atom stereocenters. The van der Waals surface area contributed by atoms with Gasteiger partial charge >= 0.3 is 0 Å². The van der Waals surface area contributed by atoms with Crippen LogP contribution < -0.4 is 15.8 Å². The summed E-state index contributed by atoms with van der Waals surface area (Å²) < 4.78 is 5.09. The molecule has 0 aromatic heterocycles. The Labute approximate surface area is 114 Å². The lowest BCUT2D eigenvalue weighted by atomic mass is 9.86. The fraction of sp³-hybridized carbons (Fsp3) is 0.533. The predicted octanol–water partition coefficient (Wildman–Crippen LogP) is 2.59. The average molecular weight is 262 g/mol. The lowest BCUT2D eigenvalue weighted by Gasteiger charge is -2.29. The molecule has 2 rings (SSSR count). The van der Waals surface area contributed by atoms with Crippen LogP contribution in [0.5, 0.6) is 5.75 Å². The van der Waals surface area contributed by atoms with Crippen LogP contribution in [-0.2, 0) is 0 Å². The molecule has 1 aromatic carbocycles. The van der Waals surface area contributed by atoms with Crippen molar-refractivity contribution in [3.63, 3.8) is 0 Å². The molecule has 3 N–H and O–H groups in total. The summed E-state index contributed by atoms with van der Waals surface area (Å²) in [6, 6.07) is 5.43. The molecule has 1 aromatic rings. The predicted molar refractivity (Wildman–Crippen MR) is 76.3 cm³/mol. The highest BCUT2D eigenvalue weighted by molar-refractivity contribution is 5.95. The SMILES string of the molecule is COc1ccc(C(=O)N[C@@H]2CCCC[C@H]2C)cc1N. The molecule has 1 amide bonds. The zero-order valence-corrected chi connectivity index (χ0v) is 11.6. The number of amides is 1. The van der Waals surface area contributed by atoms with Crippen LogP contribution in [0.1, 0.15) is 43.0 Å². The van der Waals surface area contributed by atoms with Crippen LogP contribution in [0.15, 0.2) is 18.2 Å². The monoisotopic (exact) mass is 262 g/mol. The molecule has 0 radical (unpaired) electrons. The zero-order valence-electron chi connectivity index (χ0n) is 11.6. The van der Waals surface area contributed by atoms with Gasteiger partial charge in [0.1, 0.15) is 5.75 Å². The Bertz CT molecular complexity index is 459. The second kappa shape index (κ2) is 5.95. The van der Waals surface area contributed by atoms with E-state index in [0.29, 0.717) is 22.9 Å². The van der Waals surface area contributed by atoms with Crippen LogP contribution in [0.25, 0.3) is 0 Å². The first-order chi connectivity index (χ1) is 9.11. The maximum atomic E-state index is 12.2. The highest BCUT2D eigenvalue weighted by Crippen LogP contribution is 2.25. The smallest absolute Gasteiger partial charge is 0.251 e. The Kier molecular flexibility index (Phi) is 4.30. The number of rotatable bonds is 3. The Morgan fingerprint density at radius 2 is 2.11 bits per heavy atom. The molecule has 0 spiro atoms. The largest absolute Gasteiger partial charge is 0.495 e. The van der Waals surface area contributed by atoms with Crippen LogP contribution in [-0.4, -0.2) is 19.1 Å². The molecule has 19 heavy (non-hydrogen) atoms. The highest BCUT2D eigenvalue weighted by atomic mass is 16.5. The highest BCUT2D eigenvalue weighted by Gasteiger charge is 2.23. The third-order valence-corrected chi connectivity index (χ3v) is 3.92. The Morgan fingerprint density at radius 1 is 1.37 bits per heavy atom. The number of hydrogen-bond donors (Lipinski definition) is 2. The molecule has 0 saturated heterocycles. The van der Waals surface area contributed by atoms with Crippen molar-refractivity contribution in [2.24, 2.45) is 5.92 Å². The number of anilines is 1. The molecule has 1 aliphatic rings. The first-order valence-electron chi connectivity index (χ1n) is 6.86. The third kappa shape index (κ3) is 3.19. The number of benzene rings is 1. The number of hydrogen-bond acceptors (Lipinski definition) is 3. The summed E-state index contributed by atoms with van der Waals surface area (Å²) in [5, 5.41) is 3.11. The van der Waals surface area contributed by atoms with E-state index in [1.165, 1.54) is 19.3 Å². The minimum absolute atomic E-state index is 0.0481. The van der Waals surface area contributed by atoms with Gasteiger partial charge in [0.25, 0.3) is 5.91 Å². The topological polar surface area (TPSA) is 64.3 Å². The molecule has 1 aliphatic carbocycles. The van der Waals surface area contributed by atoms with Crippen molar-refractivity contribution in [2.75, 3.05) is 12.8 Å². The minimum atomic E-state index is -0.0481. The number of carbonyl (C=O) groups excluding carboxylic acids is 1. The standard InChI is InChI=1S/C15H22N2O2/c1-10-5-3-4-6-13(10)17-15(18)11-7-8-14(19-2)12(16)9-11/h7-10,13H,3-6,16H2,1-2H3,(H,17,18)/t10-,13-/m1/s1. The average Bonchev–Trinajstić information content (AvgIpc) is 2.41. The Morgan fingerprint density at radius 3 is 2.74 bits per heavy atom. The van der Waals surface area contributed by atoms with Gasteiger partial charge in [0, 0.05) is 11.6 Å². The third-order valence-electron chi connectivity index (χ3n) is 3.92. The maximum absolute atomic E-state index is 12.2. The molecular weight excluding hydrogens is 240 g/mol. The molecular formula is C15H22N2O2. The second-order valence-corrected chi connectivity index (χ2v) is 5.30. The van der Waals surface area contributed by atoms with Crippen molar-refractivity contribution in [1.29, 1.82) is 0 Å². The fourth-order valence-corrected chi connectivity index (χ4v) is 2.66. The van der Waals surface area contributed by atoms with E-state index in [4.69, 9.17) is 10.5 Å². The number of nitrogen functional groups attached to an aromatic ring is 1. The van der Waals surface area contributed by atoms with Crippen molar-refractivity contribution in [2.45, 2.75) is 38.6 Å². The Hall–Kier alpha value is -1.71. The van der Waals surface area contributed by atoms with Gasteiger partial charge in [-0.25, -0.2) is 0 Å². The maximum Gasteiger partial charge on any atom is 0.251 e. The lowest BCUT2D eigenvalue weighted by Crippen LogP contribution is -2.41. The van der Waals surface area contributed by atoms with Crippen molar-refractivity contribution < 1.29 is 9.53 Å². The van der Waals surface area contributed by atoms with E-state index in [1.54, 1.807) is 25.3 Å². The molecule has 4 heteroatoms. The van der Waals surface area contributed by atoms with E-state index in [9.17, 15) is 4.79 Å². The molecule has 104 valence electrons. The van der Waals surface area contributed by atoms with Gasteiger partial charge in [0.15, 0.2) is 0 Å². The van der Waals surface area contributed by atoms with E-state index >= 15 is 0 Å². The molecule has 0 aliphatic heterocycles. The van der Waals surface area contributed by atoms with E-state index in [0.717, 1.165) is 6.42 Å². The van der Waals surface area contributed by atoms with Gasteiger partial charge < -0.3 is 15.8 Å². The summed E-state index contributed by atoms with van der Waals surface area (Å²) in [5.41, 5.74) is 6.91. The fourth-order valence-electron chi connectivity index (χ4n) is 2.66. The Balaban J connectivity index is 2.05. The quantitative estimate of drug-likeness (QED) is 0.823. The molecule has 0 bridgehead atoms. The van der Waals surface area contributed by atoms with Crippen LogP contribution in [0.3, 0.4) is 0 Å². The molecule has 0 heterocycles. The van der Waals surface area contributed by atoms with Gasteiger partial charge in [0.05, 0.1) is 12.8 Å². The molecule has 0 unspecified atom stereocenters. The van der Waals surface area contributed by atoms with Crippen LogP contribution >= 0.6 is 0 Å². The van der Waals surface area contributed by atoms with E-state index in [2.05, 4.69) is 12.2 Å². The van der Waals surface area contributed by atoms with Gasteiger partial charge in [-0.15, -0.1) is 0 Å². The van der Waals surface area contributed by atoms with E-state index in [-0.39, 0.29) is 11.9 Å². The minimum Gasteiger partial charge on any atom is -0.495 e. The van der Waals surface area contributed by atoms with Crippen molar-refractivity contribution in [3.8, 4) is 5.75 Å². The van der Waals surface area contributed by atoms with Gasteiger partial charge in [0.2, 0.25) is 0 Å². The lowest BCUT2D eigenvalue weighted by molar-refractivity contribution is 0.0910. The van der Waals surface area contributed by atoms with Crippen LogP contribution in [0.4, 0.5) is 5.69 Å². The van der Waals surface area contributed by atoms with Crippen molar-refractivity contribution >= 4 is 11.6 Å². The summed E-state index contributed by atoms with van der Waals surface area (Å²) in [7, 11) is 1.56. The second-order valence-electron chi connectivity index (χ2n) is 5.30. The number of methoxy groups -OCH3 is 1.